The fourth-order valence-electron chi connectivity index (χ4n) is 3.56. The molecule has 0 radical (unpaired) electrons. The zero-order valence-electron chi connectivity index (χ0n) is 17.4. The number of halogens is 1. The highest BCUT2D eigenvalue weighted by Gasteiger charge is 2.46. The first-order valence-corrected chi connectivity index (χ1v) is 10.2. The maximum atomic E-state index is 6.28. The standard InChI is InChI=1S/C24H28ClNO3/c1-6-12-27-23-22(28-16(2)3)20-14-19(10-11-21(20)29-24(23,4)5)26-15-17-8-7-9-18(25)13-17/h1,7-11,13-14,16,22-23,26H,12,15H2,2-5H3. The molecule has 1 heterocycles. The Hall–Kier alpha value is -2.19. The number of nitrogens with one attached hydrogen (secondary N) is 1. The second-order valence-electron chi connectivity index (χ2n) is 7.98. The molecular formula is C24H28ClNO3. The van der Waals surface area contributed by atoms with Crippen LogP contribution >= 0.6 is 11.6 Å². The van der Waals surface area contributed by atoms with Crippen molar-refractivity contribution < 1.29 is 14.2 Å². The summed E-state index contributed by atoms with van der Waals surface area (Å²) >= 11 is 6.08. The van der Waals surface area contributed by atoms with E-state index in [1.165, 1.54) is 0 Å². The monoisotopic (exact) mass is 413 g/mol. The first-order valence-electron chi connectivity index (χ1n) is 9.82. The van der Waals surface area contributed by atoms with Crippen LogP contribution in [0.5, 0.6) is 5.75 Å². The molecule has 0 saturated carbocycles. The molecule has 4 nitrogen and oxygen atoms in total. The highest BCUT2D eigenvalue weighted by Crippen LogP contribution is 2.44. The van der Waals surface area contributed by atoms with Gasteiger partial charge in [-0.3, -0.25) is 0 Å². The Morgan fingerprint density at radius 3 is 2.72 bits per heavy atom. The minimum absolute atomic E-state index is 0.0294. The molecule has 0 amide bonds. The van der Waals surface area contributed by atoms with E-state index in [2.05, 4.69) is 17.3 Å². The number of rotatable bonds is 7. The van der Waals surface area contributed by atoms with Gasteiger partial charge in [-0.15, -0.1) is 6.42 Å². The Kier molecular flexibility index (Phi) is 6.74. The summed E-state index contributed by atoms with van der Waals surface area (Å²) in [5, 5.41) is 4.17. The smallest absolute Gasteiger partial charge is 0.132 e. The highest BCUT2D eigenvalue weighted by atomic mass is 35.5. The zero-order chi connectivity index (χ0) is 21.0. The van der Waals surface area contributed by atoms with Crippen LogP contribution in [0.3, 0.4) is 0 Å². The van der Waals surface area contributed by atoms with E-state index >= 15 is 0 Å². The molecule has 0 aromatic heterocycles. The molecule has 1 aliphatic heterocycles. The number of anilines is 1. The molecule has 2 aromatic carbocycles. The third-order valence-electron chi connectivity index (χ3n) is 4.80. The van der Waals surface area contributed by atoms with E-state index in [-0.39, 0.29) is 24.9 Å². The van der Waals surface area contributed by atoms with Crippen molar-refractivity contribution in [3.05, 3.63) is 58.6 Å². The molecule has 0 fully saturated rings. The van der Waals surface area contributed by atoms with Crippen LogP contribution in [-0.2, 0) is 16.0 Å². The quantitative estimate of drug-likeness (QED) is 0.599. The third kappa shape index (κ3) is 5.25. The normalized spacial score (nSPS) is 19.9. The molecule has 0 spiro atoms. The summed E-state index contributed by atoms with van der Waals surface area (Å²) in [6.07, 6.45) is 4.85. The summed E-state index contributed by atoms with van der Waals surface area (Å²) in [6.45, 7) is 8.90. The largest absolute Gasteiger partial charge is 0.485 e. The first kappa shape index (κ1) is 21.5. The molecule has 1 aliphatic rings. The molecule has 0 aliphatic carbocycles. The number of benzene rings is 2. The Bertz CT molecular complexity index is 888. The molecule has 0 saturated heterocycles. The molecule has 0 bridgehead atoms. The second kappa shape index (κ2) is 9.09. The lowest BCUT2D eigenvalue weighted by Crippen LogP contribution is -2.51. The molecule has 29 heavy (non-hydrogen) atoms. The summed E-state index contributed by atoms with van der Waals surface area (Å²) in [7, 11) is 0. The minimum atomic E-state index is -0.570. The van der Waals surface area contributed by atoms with Gasteiger partial charge in [-0.25, -0.2) is 0 Å². The summed E-state index contributed by atoms with van der Waals surface area (Å²) in [4.78, 5) is 0. The average molecular weight is 414 g/mol. The molecule has 3 rings (SSSR count). The lowest BCUT2D eigenvalue weighted by Gasteiger charge is -2.44. The summed E-state index contributed by atoms with van der Waals surface area (Å²) < 4.78 is 18.5. The van der Waals surface area contributed by atoms with Gasteiger partial charge in [-0.1, -0.05) is 29.7 Å². The summed E-state index contributed by atoms with van der Waals surface area (Å²) in [6, 6.07) is 13.9. The molecule has 5 heteroatoms. The van der Waals surface area contributed by atoms with E-state index in [0.29, 0.717) is 6.54 Å². The van der Waals surface area contributed by atoms with Crippen molar-refractivity contribution in [2.45, 2.75) is 58.2 Å². The van der Waals surface area contributed by atoms with E-state index in [1.54, 1.807) is 0 Å². The van der Waals surface area contributed by atoms with Crippen LogP contribution in [0, 0.1) is 12.3 Å². The van der Waals surface area contributed by atoms with Crippen LogP contribution in [0.2, 0.25) is 5.02 Å². The molecule has 154 valence electrons. The van der Waals surface area contributed by atoms with Gasteiger partial charge in [-0.2, -0.15) is 0 Å². The van der Waals surface area contributed by atoms with Gasteiger partial charge in [0.05, 0.1) is 6.10 Å². The number of terminal acetylenes is 1. The summed E-state index contributed by atoms with van der Waals surface area (Å²) in [5.41, 5.74) is 2.47. The number of hydrogen-bond acceptors (Lipinski definition) is 4. The second-order valence-corrected chi connectivity index (χ2v) is 8.42. The Labute approximate surface area is 178 Å². The van der Waals surface area contributed by atoms with Gasteiger partial charge in [0.2, 0.25) is 0 Å². The Balaban J connectivity index is 1.88. The molecular weight excluding hydrogens is 386 g/mol. The number of hydrogen-bond donors (Lipinski definition) is 1. The van der Waals surface area contributed by atoms with Crippen LogP contribution in [0.4, 0.5) is 5.69 Å². The van der Waals surface area contributed by atoms with Crippen LogP contribution in [0.25, 0.3) is 0 Å². The van der Waals surface area contributed by atoms with E-state index in [9.17, 15) is 0 Å². The van der Waals surface area contributed by atoms with Gasteiger partial charge in [0.15, 0.2) is 0 Å². The van der Waals surface area contributed by atoms with Gasteiger partial charge < -0.3 is 19.5 Å². The lowest BCUT2D eigenvalue weighted by molar-refractivity contribution is -0.167. The Morgan fingerprint density at radius 1 is 1.24 bits per heavy atom. The SMILES string of the molecule is C#CCOC1C(OC(C)C)c2cc(NCc3cccc(Cl)c3)ccc2OC1(C)C. The van der Waals surface area contributed by atoms with E-state index in [1.807, 2.05) is 64.1 Å². The Morgan fingerprint density at radius 2 is 2.03 bits per heavy atom. The van der Waals surface area contributed by atoms with Crippen molar-refractivity contribution in [1.29, 1.82) is 0 Å². The predicted molar refractivity (Wildman–Crippen MR) is 117 cm³/mol. The topological polar surface area (TPSA) is 39.7 Å². The lowest BCUT2D eigenvalue weighted by atomic mass is 9.87. The van der Waals surface area contributed by atoms with E-state index in [4.69, 9.17) is 32.2 Å². The minimum Gasteiger partial charge on any atom is -0.485 e. The van der Waals surface area contributed by atoms with Crippen molar-refractivity contribution in [2.75, 3.05) is 11.9 Å². The molecule has 2 unspecified atom stereocenters. The van der Waals surface area contributed by atoms with Crippen LogP contribution in [-0.4, -0.2) is 24.4 Å². The first-order chi connectivity index (χ1) is 13.8. The van der Waals surface area contributed by atoms with Crippen molar-refractivity contribution in [3.8, 4) is 18.1 Å². The molecule has 2 atom stereocenters. The van der Waals surface area contributed by atoms with E-state index < -0.39 is 5.60 Å². The van der Waals surface area contributed by atoms with Gasteiger partial charge in [-0.05, 0) is 63.6 Å². The van der Waals surface area contributed by atoms with Crippen LogP contribution in [0.1, 0.15) is 44.9 Å². The molecule has 2 aromatic rings. The van der Waals surface area contributed by atoms with Crippen molar-refractivity contribution >= 4 is 17.3 Å². The van der Waals surface area contributed by atoms with Crippen LogP contribution < -0.4 is 10.1 Å². The van der Waals surface area contributed by atoms with Crippen molar-refractivity contribution in [3.63, 3.8) is 0 Å². The highest BCUT2D eigenvalue weighted by molar-refractivity contribution is 6.30. The fourth-order valence-corrected chi connectivity index (χ4v) is 3.77. The third-order valence-corrected chi connectivity index (χ3v) is 5.04. The zero-order valence-corrected chi connectivity index (χ0v) is 18.1. The van der Waals surface area contributed by atoms with Crippen LogP contribution in [0.15, 0.2) is 42.5 Å². The summed E-state index contributed by atoms with van der Waals surface area (Å²) in [5.74, 6) is 3.35. The van der Waals surface area contributed by atoms with Gasteiger partial charge in [0.1, 0.15) is 30.2 Å². The maximum absolute atomic E-state index is 6.28. The average Bonchev–Trinajstić information content (AvgIpc) is 2.65. The van der Waals surface area contributed by atoms with Gasteiger partial charge >= 0.3 is 0 Å². The maximum Gasteiger partial charge on any atom is 0.132 e. The van der Waals surface area contributed by atoms with Gasteiger partial charge in [0.25, 0.3) is 0 Å². The molecule has 1 N–H and O–H groups in total. The fraction of sp³-hybridized carbons (Fsp3) is 0.417. The number of ether oxygens (including phenoxy) is 3. The van der Waals surface area contributed by atoms with Crippen molar-refractivity contribution in [1.82, 2.24) is 0 Å². The predicted octanol–water partition coefficient (Wildman–Crippen LogP) is 5.61. The van der Waals surface area contributed by atoms with Crippen molar-refractivity contribution in [2.24, 2.45) is 0 Å². The van der Waals surface area contributed by atoms with E-state index in [0.717, 1.165) is 27.6 Å². The van der Waals surface area contributed by atoms with Gasteiger partial charge in [0, 0.05) is 22.8 Å². The number of fused-ring (bicyclic) bond motifs is 1.